The molecule has 3 atom stereocenters. The number of piperidine rings is 1. The normalized spacial score (nSPS) is 26.9. The fraction of sp³-hybridized carbons (Fsp3) is 0.643. The smallest absolute Gasteiger partial charge is 0.134 e. The van der Waals surface area contributed by atoms with Gasteiger partial charge in [-0.05, 0) is 31.2 Å². The molecule has 0 saturated carbocycles. The molecule has 0 amide bonds. The molecule has 1 aromatic rings. The molecule has 1 aliphatic rings. The monoisotopic (exact) mass is 234 g/mol. The molecule has 2 heterocycles. The molecule has 3 nitrogen and oxygen atoms in total. The first-order valence-corrected chi connectivity index (χ1v) is 6.47. The van der Waals surface area contributed by atoms with Crippen molar-refractivity contribution in [3.63, 3.8) is 0 Å². The highest BCUT2D eigenvalue weighted by Crippen LogP contribution is 2.30. The van der Waals surface area contributed by atoms with E-state index in [0.29, 0.717) is 5.92 Å². The van der Waals surface area contributed by atoms with Crippen LogP contribution in [0.4, 0.5) is 5.82 Å². The van der Waals surface area contributed by atoms with Crippen LogP contribution in [-0.2, 0) is 0 Å². The maximum atomic E-state index is 9.79. The van der Waals surface area contributed by atoms with Crippen molar-refractivity contribution in [1.82, 2.24) is 4.98 Å². The number of aliphatic hydroxyl groups excluding tert-OH is 1. The number of anilines is 1. The third-order valence-electron chi connectivity index (χ3n) is 3.90. The molecule has 0 spiro atoms. The molecule has 0 bridgehead atoms. The maximum absolute atomic E-state index is 9.79. The average molecular weight is 234 g/mol. The summed E-state index contributed by atoms with van der Waals surface area (Å²) in [5.41, 5.74) is 0.939. The van der Waals surface area contributed by atoms with Gasteiger partial charge in [0.05, 0.1) is 6.10 Å². The van der Waals surface area contributed by atoms with Gasteiger partial charge in [0.15, 0.2) is 0 Å². The van der Waals surface area contributed by atoms with Crippen molar-refractivity contribution in [1.29, 1.82) is 0 Å². The summed E-state index contributed by atoms with van der Waals surface area (Å²) in [7, 11) is 0. The van der Waals surface area contributed by atoms with E-state index in [9.17, 15) is 5.11 Å². The molecule has 1 aromatic heterocycles. The SMILES string of the molecule is CC1CCN(c2ncccc2[C@H](C)O)CC1C. The quantitative estimate of drug-likeness (QED) is 0.854. The average Bonchev–Trinajstić information content (AvgIpc) is 2.32. The molecule has 1 saturated heterocycles. The van der Waals surface area contributed by atoms with E-state index in [1.807, 2.05) is 18.3 Å². The fourth-order valence-corrected chi connectivity index (χ4v) is 2.45. The predicted molar refractivity (Wildman–Crippen MR) is 70.0 cm³/mol. The predicted octanol–water partition coefficient (Wildman–Crippen LogP) is 2.62. The van der Waals surface area contributed by atoms with E-state index >= 15 is 0 Å². The van der Waals surface area contributed by atoms with Gasteiger partial charge in [0, 0.05) is 24.8 Å². The Hall–Kier alpha value is -1.09. The Morgan fingerprint density at radius 1 is 1.41 bits per heavy atom. The molecule has 0 radical (unpaired) electrons. The molecule has 2 unspecified atom stereocenters. The van der Waals surface area contributed by atoms with Gasteiger partial charge in [0.1, 0.15) is 5.82 Å². The molecule has 1 fully saturated rings. The lowest BCUT2D eigenvalue weighted by Crippen LogP contribution is -2.39. The summed E-state index contributed by atoms with van der Waals surface area (Å²) in [4.78, 5) is 6.76. The zero-order valence-electron chi connectivity index (χ0n) is 10.9. The van der Waals surface area contributed by atoms with Crippen LogP contribution in [0.5, 0.6) is 0 Å². The van der Waals surface area contributed by atoms with Crippen LogP contribution in [0.25, 0.3) is 0 Å². The number of aliphatic hydroxyl groups is 1. The van der Waals surface area contributed by atoms with E-state index < -0.39 is 6.10 Å². The van der Waals surface area contributed by atoms with Crippen LogP contribution in [-0.4, -0.2) is 23.2 Å². The fourth-order valence-electron chi connectivity index (χ4n) is 2.45. The van der Waals surface area contributed by atoms with Crippen LogP contribution >= 0.6 is 0 Å². The van der Waals surface area contributed by atoms with Gasteiger partial charge in [-0.15, -0.1) is 0 Å². The minimum absolute atomic E-state index is 0.451. The lowest BCUT2D eigenvalue weighted by molar-refractivity contribution is 0.198. The van der Waals surface area contributed by atoms with Crippen molar-refractivity contribution in [2.45, 2.75) is 33.3 Å². The Morgan fingerprint density at radius 2 is 2.18 bits per heavy atom. The second-order valence-corrected chi connectivity index (χ2v) is 5.28. The van der Waals surface area contributed by atoms with Crippen molar-refractivity contribution in [2.75, 3.05) is 18.0 Å². The molecule has 2 rings (SSSR count). The van der Waals surface area contributed by atoms with Gasteiger partial charge in [-0.3, -0.25) is 0 Å². The largest absolute Gasteiger partial charge is 0.389 e. The second kappa shape index (κ2) is 5.05. The summed E-state index contributed by atoms with van der Waals surface area (Å²) in [6.45, 7) is 8.49. The minimum atomic E-state index is -0.451. The third-order valence-corrected chi connectivity index (χ3v) is 3.90. The Bertz CT molecular complexity index is 378. The summed E-state index contributed by atoms with van der Waals surface area (Å²) in [6, 6.07) is 3.86. The molecule has 0 aliphatic carbocycles. The first-order valence-electron chi connectivity index (χ1n) is 6.47. The van der Waals surface area contributed by atoms with E-state index in [1.54, 1.807) is 6.92 Å². The number of pyridine rings is 1. The molecule has 1 N–H and O–H groups in total. The van der Waals surface area contributed by atoms with Gasteiger partial charge < -0.3 is 10.0 Å². The van der Waals surface area contributed by atoms with E-state index in [4.69, 9.17) is 0 Å². The van der Waals surface area contributed by atoms with Crippen molar-refractivity contribution >= 4 is 5.82 Å². The zero-order valence-corrected chi connectivity index (χ0v) is 10.9. The Labute approximate surface area is 103 Å². The lowest BCUT2D eigenvalue weighted by Gasteiger charge is -2.37. The van der Waals surface area contributed by atoms with Crippen LogP contribution in [0.3, 0.4) is 0 Å². The molecule has 17 heavy (non-hydrogen) atoms. The summed E-state index contributed by atoms with van der Waals surface area (Å²) >= 11 is 0. The van der Waals surface area contributed by atoms with Gasteiger partial charge in [-0.2, -0.15) is 0 Å². The van der Waals surface area contributed by atoms with Crippen molar-refractivity contribution in [3.05, 3.63) is 23.9 Å². The number of hydrogen-bond acceptors (Lipinski definition) is 3. The van der Waals surface area contributed by atoms with Gasteiger partial charge in [-0.25, -0.2) is 4.98 Å². The van der Waals surface area contributed by atoms with Crippen LogP contribution in [0, 0.1) is 11.8 Å². The number of hydrogen-bond donors (Lipinski definition) is 1. The highest BCUT2D eigenvalue weighted by atomic mass is 16.3. The van der Waals surface area contributed by atoms with Crippen molar-refractivity contribution in [2.24, 2.45) is 11.8 Å². The van der Waals surface area contributed by atoms with Gasteiger partial charge in [-0.1, -0.05) is 19.9 Å². The van der Waals surface area contributed by atoms with Crippen LogP contribution in [0.2, 0.25) is 0 Å². The number of nitrogens with zero attached hydrogens (tertiary/aromatic N) is 2. The van der Waals surface area contributed by atoms with Crippen LogP contribution in [0.1, 0.15) is 38.9 Å². The van der Waals surface area contributed by atoms with E-state index in [-0.39, 0.29) is 0 Å². The van der Waals surface area contributed by atoms with E-state index in [0.717, 1.165) is 30.4 Å². The molecule has 1 aliphatic heterocycles. The second-order valence-electron chi connectivity index (χ2n) is 5.28. The van der Waals surface area contributed by atoms with E-state index in [1.165, 1.54) is 6.42 Å². The highest BCUT2D eigenvalue weighted by molar-refractivity contribution is 5.48. The molecule has 3 heteroatoms. The lowest BCUT2D eigenvalue weighted by atomic mass is 9.88. The summed E-state index contributed by atoms with van der Waals surface area (Å²) < 4.78 is 0. The topological polar surface area (TPSA) is 36.4 Å². The summed E-state index contributed by atoms with van der Waals surface area (Å²) in [5.74, 6) is 2.43. The summed E-state index contributed by atoms with van der Waals surface area (Å²) in [5, 5.41) is 9.79. The van der Waals surface area contributed by atoms with Crippen molar-refractivity contribution in [3.8, 4) is 0 Å². The van der Waals surface area contributed by atoms with Crippen LogP contribution < -0.4 is 4.90 Å². The Morgan fingerprint density at radius 3 is 2.82 bits per heavy atom. The first kappa shape index (κ1) is 12.4. The standard InChI is InChI=1S/C14H22N2O/c1-10-6-8-16(9-11(10)2)14-13(12(3)17)5-4-7-15-14/h4-5,7,10-12,17H,6,8-9H2,1-3H3/t10?,11?,12-/m0/s1. The molecular weight excluding hydrogens is 212 g/mol. The van der Waals surface area contributed by atoms with Gasteiger partial charge >= 0.3 is 0 Å². The summed E-state index contributed by atoms with van der Waals surface area (Å²) in [6.07, 6.45) is 2.56. The van der Waals surface area contributed by atoms with E-state index in [2.05, 4.69) is 23.7 Å². The number of rotatable bonds is 2. The van der Waals surface area contributed by atoms with Crippen LogP contribution in [0.15, 0.2) is 18.3 Å². The highest BCUT2D eigenvalue weighted by Gasteiger charge is 2.25. The minimum Gasteiger partial charge on any atom is -0.389 e. The maximum Gasteiger partial charge on any atom is 0.134 e. The number of aromatic nitrogens is 1. The Balaban J connectivity index is 2.22. The third kappa shape index (κ3) is 2.60. The molecule has 94 valence electrons. The van der Waals surface area contributed by atoms with Gasteiger partial charge in [0.2, 0.25) is 0 Å². The molecule has 0 aromatic carbocycles. The molecular formula is C14H22N2O. The first-order chi connectivity index (χ1) is 8.09. The zero-order chi connectivity index (χ0) is 12.4. The Kier molecular flexibility index (Phi) is 3.67. The van der Waals surface area contributed by atoms with Crippen molar-refractivity contribution < 1.29 is 5.11 Å². The van der Waals surface area contributed by atoms with Gasteiger partial charge in [0.25, 0.3) is 0 Å².